The second-order valence-corrected chi connectivity index (χ2v) is 6.20. The van der Waals surface area contributed by atoms with Gasteiger partial charge in [-0.25, -0.2) is 0 Å². The predicted octanol–water partition coefficient (Wildman–Crippen LogP) is 2.22. The standard InChI is InChI=1S/C15H32N2O/c1-6-17-7-8-18-14(11-17)9-16-10-15(12(2)3)13(4)5/h12-16H,6-11H2,1-5H3. The van der Waals surface area contributed by atoms with E-state index in [-0.39, 0.29) is 0 Å². The molecule has 0 radical (unpaired) electrons. The molecule has 1 heterocycles. The molecule has 0 bridgehead atoms. The van der Waals surface area contributed by atoms with Crippen molar-refractivity contribution in [2.45, 2.75) is 40.7 Å². The van der Waals surface area contributed by atoms with E-state index < -0.39 is 0 Å². The summed E-state index contributed by atoms with van der Waals surface area (Å²) in [6.07, 6.45) is 0.374. The van der Waals surface area contributed by atoms with Crippen LogP contribution in [0.2, 0.25) is 0 Å². The zero-order valence-corrected chi connectivity index (χ0v) is 12.9. The van der Waals surface area contributed by atoms with Crippen molar-refractivity contribution in [3.05, 3.63) is 0 Å². The van der Waals surface area contributed by atoms with Gasteiger partial charge in [0.05, 0.1) is 12.7 Å². The first-order chi connectivity index (χ1) is 8.54. The molecule has 1 saturated heterocycles. The first-order valence-corrected chi connectivity index (χ1v) is 7.59. The van der Waals surface area contributed by atoms with Crippen LogP contribution in [-0.4, -0.2) is 50.3 Å². The lowest BCUT2D eigenvalue weighted by atomic mass is 9.85. The normalized spacial score (nSPS) is 22.3. The number of nitrogens with zero attached hydrogens (tertiary/aromatic N) is 1. The summed E-state index contributed by atoms with van der Waals surface area (Å²) < 4.78 is 5.81. The molecule has 0 amide bonds. The summed E-state index contributed by atoms with van der Waals surface area (Å²) in [5, 5.41) is 3.61. The molecule has 1 N–H and O–H groups in total. The molecule has 18 heavy (non-hydrogen) atoms. The summed E-state index contributed by atoms with van der Waals surface area (Å²) in [4.78, 5) is 2.47. The molecule has 1 aliphatic rings. The Morgan fingerprint density at radius 1 is 1.22 bits per heavy atom. The predicted molar refractivity (Wildman–Crippen MR) is 77.9 cm³/mol. The number of ether oxygens (including phenoxy) is 1. The van der Waals surface area contributed by atoms with Gasteiger partial charge < -0.3 is 10.1 Å². The van der Waals surface area contributed by atoms with Crippen LogP contribution >= 0.6 is 0 Å². The van der Waals surface area contributed by atoms with E-state index in [2.05, 4.69) is 44.8 Å². The third-order valence-electron chi connectivity index (χ3n) is 4.13. The largest absolute Gasteiger partial charge is 0.374 e. The van der Waals surface area contributed by atoms with E-state index in [9.17, 15) is 0 Å². The molecular formula is C15H32N2O. The smallest absolute Gasteiger partial charge is 0.0826 e. The Balaban J connectivity index is 2.23. The van der Waals surface area contributed by atoms with Crippen LogP contribution in [0.1, 0.15) is 34.6 Å². The van der Waals surface area contributed by atoms with Crippen molar-refractivity contribution >= 4 is 0 Å². The molecular weight excluding hydrogens is 224 g/mol. The fraction of sp³-hybridized carbons (Fsp3) is 1.00. The van der Waals surface area contributed by atoms with E-state index in [0.29, 0.717) is 6.10 Å². The molecule has 3 nitrogen and oxygen atoms in total. The van der Waals surface area contributed by atoms with Crippen molar-refractivity contribution in [1.29, 1.82) is 0 Å². The Morgan fingerprint density at radius 2 is 1.89 bits per heavy atom. The highest BCUT2D eigenvalue weighted by atomic mass is 16.5. The van der Waals surface area contributed by atoms with Gasteiger partial charge in [0.15, 0.2) is 0 Å². The first kappa shape index (κ1) is 15.9. The Kier molecular flexibility index (Phi) is 7.20. The van der Waals surface area contributed by atoms with Crippen LogP contribution in [0.4, 0.5) is 0 Å². The lowest BCUT2D eigenvalue weighted by Crippen LogP contribution is -2.47. The molecule has 1 atom stereocenters. The van der Waals surface area contributed by atoms with Gasteiger partial charge in [0, 0.05) is 19.6 Å². The van der Waals surface area contributed by atoms with Crippen molar-refractivity contribution in [2.24, 2.45) is 17.8 Å². The van der Waals surface area contributed by atoms with Gasteiger partial charge in [-0.05, 0) is 30.8 Å². The van der Waals surface area contributed by atoms with Crippen molar-refractivity contribution in [3.8, 4) is 0 Å². The third-order valence-corrected chi connectivity index (χ3v) is 4.13. The Hall–Kier alpha value is -0.120. The van der Waals surface area contributed by atoms with E-state index >= 15 is 0 Å². The lowest BCUT2D eigenvalue weighted by Gasteiger charge is -2.33. The molecule has 0 aromatic rings. The van der Waals surface area contributed by atoms with Crippen LogP contribution in [0.5, 0.6) is 0 Å². The topological polar surface area (TPSA) is 24.5 Å². The minimum Gasteiger partial charge on any atom is -0.374 e. The van der Waals surface area contributed by atoms with E-state index in [1.165, 1.54) is 0 Å². The van der Waals surface area contributed by atoms with Crippen LogP contribution in [0, 0.1) is 17.8 Å². The third kappa shape index (κ3) is 5.25. The summed E-state index contributed by atoms with van der Waals surface area (Å²) in [6.45, 7) is 17.8. The van der Waals surface area contributed by atoms with Crippen LogP contribution in [0.25, 0.3) is 0 Å². The average Bonchev–Trinajstić information content (AvgIpc) is 2.34. The zero-order valence-electron chi connectivity index (χ0n) is 12.9. The molecule has 0 spiro atoms. The molecule has 3 heteroatoms. The van der Waals surface area contributed by atoms with E-state index in [1.54, 1.807) is 0 Å². The molecule has 0 aromatic carbocycles. The quantitative estimate of drug-likeness (QED) is 0.756. The fourth-order valence-corrected chi connectivity index (χ4v) is 2.84. The van der Waals surface area contributed by atoms with Gasteiger partial charge in [-0.15, -0.1) is 0 Å². The van der Waals surface area contributed by atoms with Gasteiger partial charge in [-0.2, -0.15) is 0 Å². The number of hydrogen-bond acceptors (Lipinski definition) is 3. The SMILES string of the molecule is CCN1CCOC(CNCC(C(C)C)C(C)C)C1. The number of morpholine rings is 1. The maximum atomic E-state index is 5.81. The zero-order chi connectivity index (χ0) is 13.5. The summed E-state index contributed by atoms with van der Waals surface area (Å²) in [7, 11) is 0. The molecule has 108 valence electrons. The number of rotatable bonds is 7. The van der Waals surface area contributed by atoms with Crippen molar-refractivity contribution in [3.63, 3.8) is 0 Å². The molecule has 1 rings (SSSR count). The summed E-state index contributed by atoms with van der Waals surface area (Å²) in [6, 6.07) is 0. The van der Waals surface area contributed by atoms with Gasteiger partial charge >= 0.3 is 0 Å². The second kappa shape index (κ2) is 8.13. The molecule has 1 unspecified atom stereocenters. The summed E-state index contributed by atoms with van der Waals surface area (Å²) in [5.74, 6) is 2.25. The lowest BCUT2D eigenvalue weighted by molar-refractivity contribution is -0.0259. The highest BCUT2D eigenvalue weighted by Crippen LogP contribution is 2.19. The maximum absolute atomic E-state index is 5.81. The van der Waals surface area contributed by atoms with Gasteiger partial charge in [0.2, 0.25) is 0 Å². The molecule has 0 aliphatic carbocycles. The summed E-state index contributed by atoms with van der Waals surface area (Å²) >= 11 is 0. The van der Waals surface area contributed by atoms with Gasteiger partial charge in [-0.3, -0.25) is 4.90 Å². The average molecular weight is 256 g/mol. The Labute approximate surface area is 113 Å². The highest BCUT2D eigenvalue weighted by Gasteiger charge is 2.21. The van der Waals surface area contributed by atoms with Crippen molar-refractivity contribution in [1.82, 2.24) is 10.2 Å². The minimum absolute atomic E-state index is 0.374. The van der Waals surface area contributed by atoms with Crippen LogP contribution in [0.3, 0.4) is 0 Å². The van der Waals surface area contributed by atoms with Crippen LogP contribution in [-0.2, 0) is 4.74 Å². The molecule has 0 aromatic heterocycles. The molecule has 1 aliphatic heterocycles. The second-order valence-electron chi connectivity index (χ2n) is 6.20. The van der Waals surface area contributed by atoms with Crippen LogP contribution < -0.4 is 5.32 Å². The van der Waals surface area contributed by atoms with Crippen LogP contribution in [0.15, 0.2) is 0 Å². The van der Waals surface area contributed by atoms with Crippen molar-refractivity contribution in [2.75, 3.05) is 39.3 Å². The Bertz CT molecular complexity index is 211. The van der Waals surface area contributed by atoms with Crippen molar-refractivity contribution < 1.29 is 4.74 Å². The number of nitrogens with one attached hydrogen (secondary N) is 1. The van der Waals surface area contributed by atoms with E-state index in [0.717, 1.165) is 57.1 Å². The molecule has 1 fully saturated rings. The van der Waals surface area contributed by atoms with Gasteiger partial charge in [-0.1, -0.05) is 34.6 Å². The molecule has 0 saturated carbocycles. The fourth-order valence-electron chi connectivity index (χ4n) is 2.84. The number of likely N-dealkylation sites (N-methyl/N-ethyl adjacent to an activating group) is 1. The highest BCUT2D eigenvalue weighted by molar-refractivity contribution is 4.75. The van der Waals surface area contributed by atoms with E-state index in [4.69, 9.17) is 4.74 Å². The minimum atomic E-state index is 0.374. The van der Waals surface area contributed by atoms with Gasteiger partial charge in [0.25, 0.3) is 0 Å². The Morgan fingerprint density at radius 3 is 2.44 bits per heavy atom. The summed E-state index contributed by atoms with van der Waals surface area (Å²) in [5.41, 5.74) is 0. The maximum Gasteiger partial charge on any atom is 0.0826 e. The number of hydrogen-bond donors (Lipinski definition) is 1. The van der Waals surface area contributed by atoms with Gasteiger partial charge in [0.1, 0.15) is 0 Å². The first-order valence-electron chi connectivity index (χ1n) is 7.59. The van der Waals surface area contributed by atoms with E-state index in [1.807, 2.05) is 0 Å². The monoisotopic (exact) mass is 256 g/mol.